The summed E-state index contributed by atoms with van der Waals surface area (Å²) in [6, 6.07) is 9.61. The zero-order chi connectivity index (χ0) is 11.9. The zero-order valence-corrected chi connectivity index (χ0v) is 12.6. The lowest BCUT2D eigenvalue weighted by atomic mass is 10.3. The van der Waals surface area contributed by atoms with E-state index < -0.39 is 5.69 Å². The van der Waals surface area contributed by atoms with Gasteiger partial charge in [0.05, 0.1) is 0 Å². The van der Waals surface area contributed by atoms with Gasteiger partial charge in [-0.25, -0.2) is 3.97 Å². The predicted octanol–water partition coefficient (Wildman–Crippen LogP) is 4.73. The molecule has 0 aliphatic carbocycles. The average molecular weight is 294 g/mol. The van der Waals surface area contributed by atoms with E-state index in [0.29, 0.717) is 0 Å². The van der Waals surface area contributed by atoms with Crippen molar-refractivity contribution < 1.29 is 8.49 Å². The smallest absolute Gasteiger partial charge is 0.308 e. The van der Waals surface area contributed by atoms with Crippen LogP contribution in [0.25, 0.3) is 0 Å². The SMILES string of the molecule is CCCSP(=S)(OSC)Oc1ccccc1. The first-order valence-electron chi connectivity index (χ1n) is 4.92. The maximum atomic E-state index is 5.79. The lowest BCUT2D eigenvalue weighted by Gasteiger charge is -2.20. The molecule has 0 radical (unpaired) electrons. The molecule has 16 heavy (non-hydrogen) atoms. The van der Waals surface area contributed by atoms with Gasteiger partial charge < -0.3 is 4.52 Å². The third kappa shape index (κ3) is 5.11. The lowest BCUT2D eigenvalue weighted by Crippen LogP contribution is -1.91. The number of benzene rings is 1. The lowest BCUT2D eigenvalue weighted by molar-refractivity contribution is 0.544. The number of para-hydroxylation sites is 1. The number of hydrogen-bond donors (Lipinski definition) is 0. The van der Waals surface area contributed by atoms with Gasteiger partial charge in [0.2, 0.25) is 0 Å². The second-order valence-electron chi connectivity index (χ2n) is 2.93. The second-order valence-corrected chi connectivity index (χ2v) is 9.95. The number of hydrogen-bond acceptors (Lipinski definition) is 5. The fourth-order valence-electron chi connectivity index (χ4n) is 0.968. The largest absolute Gasteiger partial charge is 0.436 e. The third-order valence-electron chi connectivity index (χ3n) is 1.58. The molecule has 0 amide bonds. The van der Waals surface area contributed by atoms with E-state index >= 15 is 0 Å². The third-order valence-corrected chi connectivity index (χ3v) is 8.24. The van der Waals surface area contributed by atoms with Crippen LogP contribution in [-0.4, -0.2) is 12.0 Å². The van der Waals surface area contributed by atoms with Crippen LogP contribution in [0, 0.1) is 0 Å². The molecule has 0 saturated carbocycles. The molecule has 0 fully saturated rings. The maximum absolute atomic E-state index is 5.79. The van der Waals surface area contributed by atoms with E-state index in [-0.39, 0.29) is 0 Å². The van der Waals surface area contributed by atoms with Crippen LogP contribution in [0.1, 0.15) is 13.3 Å². The highest BCUT2D eigenvalue weighted by Crippen LogP contribution is 2.62. The Kier molecular flexibility index (Phi) is 6.85. The molecule has 1 aromatic carbocycles. The summed E-state index contributed by atoms with van der Waals surface area (Å²) in [5, 5.41) is 0. The fourth-order valence-corrected chi connectivity index (χ4v) is 6.88. The molecule has 90 valence electrons. The highest BCUT2D eigenvalue weighted by Gasteiger charge is 2.21. The van der Waals surface area contributed by atoms with E-state index in [9.17, 15) is 0 Å². The molecule has 0 saturated heterocycles. The molecular formula is C10H15O2PS3. The minimum absolute atomic E-state index is 0.781. The van der Waals surface area contributed by atoms with Crippen molar-refractivity contribution in [3.63, 3.8) is 0 Å². The molecule has 0 aliphatic rings. The average Bonchev–Trinajstić information content (AvgIpc) is 2.28. The van der Waals surface area contributed by atoms with Crippen LogP contribution in [0.2, 0.25) is 0 Å². The van der Waals surface area contributed by atoms with Crippen molar-refractivity contribution in [3.8, 4) is 5.75 Å². The van der Waals surface area contributed by atoms with E-state index in [1.54, 1.807) is 11.4 Å². The molecule has 0 bridgehead atoms. The van der Waals surface area contributed by atoms with Gasteiger partial charge in [0.15, 0.2) is 0 Å². The van der Waals surface area contributed by atoms with Gasteiger partial charge in [0.1, 0.15) is 5.75 Å². The highest BCUT2D eigenvalue weighted by atomic mass is 32.9. The van der Waals surface area contributed by atoms with Gasteiger partial charge in [-0.05, 0) is 42.4 Å². The van der Waals surface area contributed by atoms with Crippen LogP contribution in [0.15, 0.2) is 30.3 Å². The molecule has 0 aliphatic heterocycles. The summed E-state index contributed by atoms with van der Waals surface area (Å²) >= 11 is 8.34. The first kappa shape index (κ1) is 14.4. The molecule has 0 heterocycles. The summed E-state index contributed by atoms with van der Waals surface area (Å²) < 4.78 is 11.3. The molecule has 2 nitrogen and oxygen atoms in total. The van der Waals surface area contributed by atoms with E-state index in [0.717, 1.165) is 17.9 Å². The van der Waals surface area contributed by atoms with Crippen LogP contribution in [0.5, 0.6) is 5.75 Å². The van der Waals surface area contributed by atoms with Gasteiger partial charge >= 0.3 is 5.69 Å². The first-order chi connectivity index (χ1) is 7.70. The highest BCUT2D eigenvalue weighted by molar-refractivity contribution is 8.68. The quantitative estimate of drug-likeness (QED) is 0.533. The Balaban J connectivity index is 2.67. The van der Waals surface area contributed by atoms with Gasteiger partial charge in [-0.1, -0.05) is 36.5 Å². The van der Waals surface area contributed by atoms with Crippen molar-refractivity contribution in [1.82, 2.24) is 0 Å². The van der Waals surface area contributed by atoms with Crippen LogP contribution in [0.4, 0.5) is 0 Å². The Morgan fingerprint density at radius 3 is 2.56 bits per heavy atom. The van der Waals surface area contributed by atoms with Gasteiger partial charge in [0.25, 0.3) is 0 Å². The molecule has 1 atom stereocenters. The molecule has 1 unspecified atom stereocenters. The van der Waals surface area contributed by atoms with Crippen molar-refractivity contribution >= 4 is 40.9 Å². The Bertz CT molecular complexity index is 345. The van der Waals surface area contributed by atoms with Crippen molar-refractivity contribution in [2.75, 3.05) is 12.0 Å². The molecular weight excluding hydrogens is 279 g/mol. The van der Waals surface area contributed by atoms with Crippen LogP contribution >= 0.6 is 29.1 Å². The topological polar surface area (TPSA) is 18.5 Å². The summed E-state index contributed by atoms with van der Waals surface area (Å²) in [6.45, 7) is 2.12. The molecule has 1 rings (SSSR count). The van der Waals surface area contributed by atoms with Crippen molar-refractivity contribution in [2.24, 2.45) is 0 Å². The molecule has 6 heteroatoms. The molecule has 0 aromatic heterocycles. The van der Waals surface area contributed by atoms with Gasteiger partial charge in [-0.2, -0.15) is 0 Å². The van der Waals surface area contributed by atoms with E-state index in [1.165, 1.54) is 12.0 Å². The molecule has 0 N–H and O–H groups in total. The Hall–Kier alpha value is 0.330. The van der Waals surface area contributed by atoms with Crippen LogP contribution < -0.4 is 4.52 Å². The first-order valence-corrected chi connectivity index (χ1v) is 10.3. The van der Waals surface area contributed by atoms with Crippen LogP contribution in [0.3, 0.4) is 0 Å². The van der Waals surface area contributed by atoms with Crippen LogP contribution in [-0.2, 0) is 15.8 Å². The van der Waals surface area contributed by atoms with Gasteiger partial charge in [0, 0.05) is 12.0 Å². The summed E-state index contributed by atoms with van der Waals surface area (Å²) in [5.74, 6) is 1.74. The monoisotopic (exact) mass is 294 g/mol. The molecule has 0 spiro atoms. The summed E-state index contributed by atoms with van der Waals surface area (Å²) in [4.78, 5) is 0. The van der Waals surface area contributed by atoms with E-state index in [4.69, 9.17) is 20.3 Å². The fraction of sp³-hybridized carbons (Fsp3) is 0.400. The Morgan fingerprint density at radius 2 is 2.00 bits per heavy atom. The Labute approximate surface area is 111 Å². The van der Waals surface area contributed by atoms with Crippen molar-refractivity contribution in [2.45, 2.75) is 13.3 Å². The summed E-state index contributed by atoms with van der Waals surface area (Å²) in [5.41, 5.74) is -2.24. The van der Waals surface area contributed by atoms with E-state index in [1.807, 2.05) is 36.6 Å². The number of rotatable bonds is 7. The Morgan fingerprint density at radius 1 is 1.31 bits per heavy atom. The summed E-state index contributed by atoms with van der Waals surface area (Å²) in [6.07, 6.45) is 2.93. The maximum Gasteiger partial charge on any atom is 0.308 e. The summed E-state index contributed by atoms with van der Waals surface area (Å²) in [7, 11) is 0. The van der Waals surface area contributed by atoms with Crippen molar-refractivity contribution in [1.29, 1.82) is 0 Å². The minimum Gasteiger partial charge on any atom is -0.436 e. The standard InChI is InChI=1S/C10H15O2PS3/c1-3-9-16-13(14,12-15-2)11-10-7-5-4-6-8-10/h4-8H,3,9H2,1-2H3. The van der Waals surface area contributed by atoms with Gasteiger partial charge in [-0.15, -0.1) is 0 Å². The zero-order valence-electron chi connectivity index (χ0n) is 9.29. The normalized spacial score (nSPS) is 14.4. The minimum atomic E-state index is -2.24. The van der Waals surface area contributed by atoms with Crippen molar-refractivity contribution in [3.05, 3.63) is 30.3 Å². The van der Waals surface area contributed by atoms with E-state index in [2.05, 4.69) is 6.92 Å². The predicted molar refractivity (Wildman–Crippen MR) is 78.7 cm³/mol. The van der Waals surface area contributed by atoms with Gasteiger partial charge in [-0.3, -0.25) is 0 Å². The molecule has 1 aromatic rings. The second kappa shape index (κ2) is 7.62.